The summed E-state index contributed by atoms with van der Waals surface area (Å²) in [6.07, 6.45) is 0. The van der Waals surface area contributed by atoms with Gasteiger partial charge in [0, 0.05) is 0 Å². The quantitative estimate of drug-likeness (QED) is 0.493. The molecule has 3 aromatic carbocycles. The number of hydrogen-bond donors (Lipinski definition) is 2. The molecule has 0 aliphatic heterocycles. The first-order valence-corrected chi connectivity index (χ1v) is 9.11. The Balaban J connectivity index is 1.48. The van der Waals surface area contributed by atoms with Gasteiger partial charge in [0.15, 0.2) is 5.16 Å². The monoisotopic (exact) mass is 367 g/mol. The van der Waals surface area contributed by atoms with Crippen molar-refractivity contribution in [1.29, 1.82) is 0 Å². The molecule has 0 spiro atoms. The first-order valence-electron chi connectivity index (χ1n) is 7.75. The van der Waals surface area contributed by atoms with Crippen molar-refractivity contribution in [3.63, 3.8) is 0 Å². The number of anilines is 1. The van der Waals surface area contributed by atoms with Gasteiger partial charge in [-0.25, -0.2) is 4.98 Å². The second kappa shape index (κ2) is 6.78. The number of rotatable bonds is 4. The van der Waals surface area contributed by atoms with Crippen LogP contribution in [-0.2, 0) is 4.79 Å². The zero-order chi connectivity index (χ0) is 17.2. The summed E-state index contributed by atoms with van der Waals surface area (Å²) in [6.45, 7) is 0. The largest absolute Gasteiger partial charge is 0.333 e. The van der Waals surface area contributed by atoms with Gasteiger partial charge in [-0.05, 0) is 35.0 Å². The average molecular weight is 368 g/mol. The fourth-order valence-corrected chi connectivity index (χ4v) is 3.49. The van der Waals surface area contributed by atoms with Crippen LogP contribution in [-0.4, -0.2) is 21.6 Å². The Hall–Kier alpha value is -2.50. The van der Waals surface area contributed by atoms with E-state index in [1.54, 1.807) is 12.1 Å². The number of imidazole rings is 1. The Morgan fingerprint density at radius 2 is 1.80 bits per heavy atom. The van der Waals surface area contributed by atoms with Crippen LogP contribution in [0.1, 0.15) is 0 Å². The van der Waals surface area contributed by atoms with Crippen molar-refractivity contribution >= 4 is 56.8 Å². The number of para-hydroxylation sites is 1. The lowest BCUT2D eigenvalue weighted by Crippen LogP contribution is -2.14. The molecule has 4 nitrogen and oxygen atoms in total. The third-order valence-corrected chi connectivity index (χ3v) is 5.02. The minimum absolute atomic E-state index is 0.122. The number of halogens is 1. The zero-order valence-electron chi connectivity index (χ0n) is 13.1. The number of carbonyl (C=O) groups is 1. The van der Waals surface area contributed by atoms with Crippen LogP contribution in [0.15, 0.2) is 65.8 Å². The van der Waals surface area contributed by atoms with Crippen LogP contribution in [0.3, 0.4) is 0 Å². The third-order valence-electron chi connectivity index (χ3n) is 3.82. The first-order chi connectivity index (χ1) is 12.2. The van der Waals surface area contributed by atoms with Crippen molar-refractivity contribution in [1.82, 2.24) is 9.97 Å². The van der Waals surface area contributed by atoms with E-state index in [1.165, 1.54) is 11.8 Å². The highest BCUT2D eigenvalue weighted by atomic mass is 35.5. The molecule has 124 valence electrons. The summed E-state index contributed by atoms with van der Waals surface area (Å²) in [5.74, 6) is 0.133. The molecule has 0 atom stereocenters. The van der Waals surface area contributed by atoms with Crippen molar-refractivity contribution in [3.8, 4) is 0 Å². The number of H-pyrrole nitrogens is 1. The topological polar surface area (TPSA) is 57.8 Å². The normalized spacial score (nSPS) is 11.1. The molecule has 0 saturated carbocycles. The molecular formula is C19H14ClN3OS. The molecule has 0 saturated heterocycles. The zero-order valence-corrected chi connectivity index (χ0v) is 14.7. The molecule has 0 aliphatic carbocycles. The van der Waals surface area contributed by atoms with Crippen molar-refractivity contribution in [2.45, 2.75) is 5.16 Å². The Morgan fingerprint density at radius 3 is 2.60 bits per heavy atom. The van der Waals surface area contributed by atoms with Gasteiger partial charge in [0.05, 0.1) is 27.5 Å². The highest BCUT2D eigenvalue weighted by molar-refractivity contribution is 7.99. The summed E-state index contributed by atoms with van der Waals surface area (Å²) in [5, 5.41) is 6.36. The van der Waals surface area contributed by atoms with Gasteiger partial charge in [0.1, 0.15) is 0 Å². The molecule has 4 rings (SSSR count). The molecule has 0 unspecified atom stereocenters. The van der Waals surface area contributed by atoms with E-state index < -0.39 is 0 Å². The molecule has 6 heteroatoms. The summed E-state index contributed by atoms with van der Waals surface area (Å²) in [5.41, 5.74) is 2.48. The average Bonchev–Trinajstić information content (AvgIpc) is 3.01. The van der Waals surface area contributed by atoms with E-state index >= 15 is 0 Å². The highest BCUT2D eigenvalue weighted by Gasteiger charge is 2.09. The summed E-state index contributed by atoms with van der Waals surface area (Å²) in [6, 6.07) is 19.5. The predicted molar refractivity (Wildman–Crippen MR) is 104 cm³/mol. The standard InChI is InChI=1S/C19H14ClN3OS/c20-14-7-3-4-8-15(14)21-18(24)11-25-19-22-16-9-12-5-1-2-6-13(12)10-17(16)23-19/h1-10H,11H2,(H,21,24)(H,22,23). The van der Waals surface area contributed by atoms with Crippen molar-refractivity contribution in [3.05, 3.63) is 65.7 Å². The Kier molecular flexibility index (Phi) is 4.34. The number of fused-ring (bicyclic) bond motifs is 2. The third kappa shape index (κ3) is 3.48. The maximum absolute atomic E-state index is 12.1. The smallest absolute Gasteiger partial charge is 0.234 e. The van der Waals surface area contributed by atoms with E-state index in [9.17, 15) is 4.79 Å². The van der Waals surface area contributed by atoms with Gasteiger partial charge >= 0.3 is 0 Å². The summed E-state index contributed by atoms with van der Waals surface area (Å²) in [4.78, 5) is 19.9. The van der Waals surface area contributed by atoms with Crippen molar-refractivity contribution in [2.75, 3.05) is 11.1 Å². The van der Waals surface area contributed by atoms with Crippen LogP contribution in [0.25, 0.3) is 21.8 Å². The molecular weight excluding hydrogens is 354 g/mol. The lowest BCUT2D eigenvalue weighted by Gasteiger charge is -2.05. The van der Waals surface area contributed by atoms with Crippen molar-refractivity contribution < 1.29 is 4.79 Å². The van der Waals surface area contributed by atoms with E-state index in [0.717, 1.165) is 27.0 Å². The number of nitrogens with one attached hydrogen (secondary N) is 2. The molecule has 0 bridgehead atoms. The van der Waals surface area contributed by atoms with Crippen LogP contribution in [0.2, 0.25) is 5.02 Å². The van der Waals surface area contributed by atoms with Gasteiger partial charge in [-0.2, -0.15) is 0 Å². The van der Waals surface area contributed by atoms with Gasteiger partial charge < -0.3 is 10.3 Å². The van der Waals surface area contributed by atoms with Crippen molar-refractivity contribution in [2.24, 2.45) is 0 Å². The summed E-state index contributed by atoms with van der Waals surface area (Å²) < 4.78 is 0. The molecule has 1 aromatic heterocycles. The number of amides is 1. The van der Waals surface area contributed by atoms with E-state index in [-0.39, 0.29) is 11.7 Å². The highest BCUT2D eigenvalue weighted by Crippen LogP contribution is 2.25. The predicted octanol–water partition coefficient (Wildman–Crippen LogP) is 5.10. The van der Waals surface area contributed by atoms with E-state index in [0.29, 0.717) is 10.7 Å². The van der Waals surface area contributed by atoms with E-state index in [2.05, 4.69) is 39.6 Å². The van der Waals surface area contributed by atoms with Crippen LogP contribution in [0, 0.1) is 0 Å². The molecule has 0 radical (unpaired) electrons. The Morgan fingerprint density at radius 1 is 1.08 bits per heavy atom. The fourth-order valence-electron chi connectivity index (χ4n) is 2.62. The molecule has 0 fully saturated rings. The maximum Gasteiger partial charge on any atom is 0.234 e. The molecule has 1 amide bonds. The maximum atomic E-state index is 12.1. The second-order valence-electron chi connectivity index (χ2n) is 5.58. The number of aromatic nitrogens is 2. The van der Waals surface area contributed by atoms with Crippen LogP contribution in [0.5, 0.6) is 0 Å². The number of thioether (sulfide) groups is 1. The van der Waals surface area contributed by atoms with Crippen LogP contribution in [0.4, 0.5) is 5.69 Å². The lowest BCUT2D eigenvalue weighted by atomic mass is 10.1. The Labute approximate surface area is 153 Å². The lowest BCUT2D eigenvalue weighted by molar-refractivity contribution is -0.113. The number of aromatic amines is 1. The number of carbonyl (C=O) groups excluding carboxylic acids is 1. The van der Waals surface area contributed by atoms with E-state index in [4.69, 9.17) is 11.6 Å². The number of nitrogens with zero attached hydrogens (tertiary/aromatic N) is 1. The SMILES string of the molecule is O=C(CSc1nc2cc3ccccc3cc2[nH]1)Nc1ccccc1Cl. The molecule has 1 heterocycles. The Bertz CT molecular complexity index is 1020. The second-order valence-corrected chi connectivity index (χ2v) is 6.95. The molecule has 2 N–H and O–H groups in total. The van der Waals surface area contributed by atoms with Crippen LogP contribution < -0.4 is 5.32 Å². The fraction of sp³-hybridized carbons (Fsp3) is 0.0526. The molecule has 25 heavy (non-hydrogen) atoms. The molecule has 0 aliphatic rings. The van der Waals surface area contributed by atoms with Gasteiger partial charge in [0.25, 0.3) is 0 Å². The van der Waals surface area contributed by atoms with Gasteiger partial charge in [-0.15, -0.1) is 0 Å². The van der Waals surface area contributed by atoms with Gasteiger partial charge in [-0.1, -0.05) is 59.8 Å². The van der Waals surface area contributed by atoms with Gasteiger partial charge in [0.2, 0.25) is 5.91 Å². The van der Waals surface area contributed by atoms with E-state index in [1.807, 2.05) is 24.3 Å². The molecule has 4 aromatic rings. The van der Waals surface area contributed by atoms with Gasteiger partial charge in [-0.3, -0.25) is 4.79 Å². The summed E-state index contributed by atoms with van der Waals surface area (Å²) >= 11 is 7.41. The minimum atomic E-state index is -0.122. The number of benzene rings is 3. The number of hydrogen-bond acceptors (Lipinski definition) is 3. The minimum Gasteiger partial charge on any atom is -0.333 e. The van der Waals surface area contributed by atoms with Crippen LogP contribution >= 0.6 is 23.4 Å². The first kappa shape index (κ1) is 16.0. The summed E-state index contributed by atoms with van der Waals surface area (Å²) in [7, 11) is 0.